The first-order chi connectivity index (χ1) is 11.5. The molecule has 3 aromatic rings. The highest BCUT2D eigenvalue weighted by Crippen LogP contribution is 2.38. The number of primary amides is 1. The Morgan fingerprint density at radius 3 is 2.42 bits per heavy atom. The number of methoxy groups -OCH3 is 1. The van der Waals surface area contributed by atoms with Crippen molar-refractivity contribution in [2.75, 3.05) is 7.11 Å². The van der Waals surface area contributed by atoms with Gasteiger partial charge in [-0.05, 0) is 46.3 Å². The molecule has 0 radical (unpaired) electrons. The van der Waals surface area contributed by atoms with E-state index in [-0.39, 0.29) is 11.3 Å². The number of nitrogens with two attached hydrogens (primary N) is 2. The van der Waals surface area contributed by atoms with E-state index in [4.69, 9.17) is 16.2 Å². The van der Waals surface area contributed by atoms with Crippen LogP contribution in [0.2, 0.25) is 0 Å². The topological polar surface area (TPSA) is 98.6 Å². The van der Waals surface area contributed by atoms with Gasteiger partial charge in [0, 0.05) is 11.9 Å². The SMILES string of the molecule is COc1ccc2c(O)c(C(N)=O)c(-c3ccc(CN)cc3)cc2c1. The second kappa shape index (κ2) is 6.22. The number of fused-ring (bicyclic) bond motifs is 1. The van der Waals surface area contributed by atoms with Gasteiger partial charge in [0.25, 0.3) is 5.91 Å². The minimum absolute atomic E-state index is 0.105. The van der Waals surface area contributed by atoms with Crippen LogP contribution in [0.25, 0.3) is 21.9 Å². The van der Waals surface area contributed by atoms with Crippen LogP contribution in [-0.2, 0) is 6.54 Å². The number of carbonyl (C=O) groups excluding carboxylic acids is 1. The third-order valence-corrected chi connectivity index (χ3v) is 4.07. The average molecular weight is 322 g/mol. The Hall–Kier alpha value is -3.05. The summed E-state index contributed by atoms with van der Waals surface area (Å²) in [5.74, 6) is -0.137. The molecular formula is C19H18N2O3. The Labute approximate surface area is 139 Å². The number of aromatic hydroxyl groups is 1. The normalized spacial score (nSPS) is 10.8. The summed E-state index contributed by atoms with van der Waals surface area (Å²) < 4.78 is 5.23. The number of hydrogen-bond acceptors (Lipinski definition) is 4. The van der Waals surface area contributed by atoms with Crippen molar-refractivity contribution in [2.45, 2.75) is 6.54 Å². The highest BCUT2D eigenvalue weighted by Gasteiger charge is 2.19. The largest absolute Gasteiger partial charge is 0.506 e. The fraction of sp³-hybridized carbons (Fsp3) is 0.105. The van der Waals surface area contributed by atoms with E-state index in [1.165, 1.54) is 0 Å². The van der Waals surface area contributed by atoms with Gasteiger partial charge in [-0.15, -0.1) is 0 Å². The minimum atomic E-state index is -0.678. The minimum Gasteiger partial charge on any atom is -0.506 e. The van der Waals surface area contributed by atoms with Crippen molar-refractivity contribution in [1.82, 2.24) is 0 Å². The zero-order valence-electron chi connectivity index (χ0n) is 13.2. The van der Waals surface area contributed by atoms with Gasteiger partial charge in [-0.1, -0.05) is 24.3 Å². The molecule has 0 aliphatic rings. The first kappa shape index (κ1) is 15.8. The van der Waals surface area contributed by atoms with E-state index < -0.39 is 5.91 Å². The number of carbonyl (C=O) groups is 1. The number of amides is 1. The molecule has 0 aliphatic carbocycles. The number of phenols is 1. The van der Waals surface area contributed by atoms with Crippen molar-refractivity contribution in [2.24, 2.45) is 11.5 Å². The molecular weight excluding hydrogens is 304 g/mol. The maximum atomic E-state index is 11.9. The van der Waals surface area contributed by atoms with Crippen LogP contribution in [-0.4, -0.2) is 18.1 Å². The second-order valence-corrected chi connectivity index (χ2v) is 5.50. The van der Waals surface area contributed by atoms with Crippen molar-refractivity contribution in [3.8, 4) is 22.6 Å². The van der Waals surface area contributed by atoms with Crippen LogP contribution < -0.4 is 16.2 Å². The van der Waals surface area contributed by atoms with E-state index >= 15 is 0 Å². The lowest BCUT2D eigenvalue weighted by atomic mass is 9.93. The predicted molar refractivity (Wildman–Crippen MR) is 94.0 cm³/mol. The molecule has 0 bridgehead atoms. The third kappa shape index (κ3) is 2.66. The van der Waals surface area contributed by atoms with Gasteiger partial charge in [0.1, 0.15) is 11.5 Å². The first-order valence-corrected chi connectivity index (χ1v) is 7.48. The van der Waals surface area contributed by atoms with Crippen LogP contribution in [0.3, 0.4) is 0 Å². The van der Waals surface area contributed by atoms with Crippen molar-refractivity contribution in [3.63, 3.8) is 0 Å². The van der Waals surface area contributed by atoms with E-state index in [0.29, 0.717) is 23.2 Å². The van der Waals surface area contributed by atoms with E-state index in [1.54, 1.807) is 25.3 Å². The summed E-state index contributed by atoms with van der Waals surface area (Å²) in [6.45, 7) is 0.434. The first-order valence-electron chi connectivity index (χ1n) is 7.48. The van der Waals surface area contributed by atoms with Gasteiger partial charge in [0.05, 0.1) is 12.7 Å². The molecule has 0 saturated carbocycles. The Morgan fingerprint density at radius 1 is 1.12 bits per heavy atom. The van der Waals surface area contributed by atoms with Crippen molar-refractivity contribution < 1.29 is 14.6 Å². The highest BCUT2D eigenvalue weighted by atomic mass is 16.5. The van der Waals surface area contributed by atoms with Gasteiger partial charge >= 0.3 is 0 Å². The zero-order chi connectivity index (χ0) is 17.3. The number of rotatable bonds is 4. The molecule has 1 amide bonds. The van der Waals surface area contributed by atoms with E-state index in [1.807, 2.05) is 30.3 Å². The molecule has 5 N–H and O–H groups in total. The van der Waals surface area contributed by atoms with Crippen LogP contribution in [0.4, 0.5) is 0 Å². The maximum absolute atomic E-state index is 11.9. The fourth-order valence-electron chi connectivity index (χ4n) is 2.79. The standard InChI is InChI=1S/C19H18N2O3/c1-24-14-6-7-15-13(8-14)9-16(17(18(15)22)19(21)23)12-4-2-11(10-20)3-5-12/h2-9,22H,10,20H2,1H3,(H2,21,23). The smallest absolute Gasteiger partial charge is 0.253 e. The van der Waals surface area contributed by atoms with Gasteiger partial charge in [0.15, 0.2) is 0 Å². The number of benzene rings is 3. The molecule has 0 spiro atoms. The summed E-state index contributed by atoms with van der Waals surface area (Å²) in [6.07, 6.45) is 0. The molecule has 0 saturated heterocycles. The quantitative estimate of drug-likeness (QED) is 0.688. The molecule has 122 valence electrons. The molecule has 0 unspecified atom stereocenters. The van der Waals surface area contributed by atoms with Gasteiger partial charge in [-0.3, -0.25) is 4.79 Å². The van der Waals surface area contributed by atoms with E-state index in [2.05, 4.69) is 0 Å². The van der Waals surface area contributed by atoms with Gasteiger partial charge < -0.3 is 21.3 Å². The summed E-state index contributed by atoms with van der Waals surface area (Å²) in [7, 11) is 1.57. The van der Waals surface area contributed by atoms with Crippen LogP contribution >= 0.6 is 0 Å². The summed E-state index contributed by atoms with van der Waals surface area (Å²) in [6, 6.07) is 14.5. The van der Waals surface area contributed by atoms with Crippen LogP contribution in [0, 0.1) is 0 Å². The van der Waals surface area contributed by atoms with Crippen LogP contribution in [0.5, 0.6) is 11.5 Å². The summed E-state index contributed by atoms with van der Waals surface area (Å²) in [4.78, 5) is 11.9. The summed E-state index contributed by atoms with van der Waals surface area (Å²) in [5, 5.41) is 11.9. The molecule has 0 aromatic heterocycles. The number of hydrogen-bond donors (Lipinski definition) is 3. The molecule has 3 aromatic carbocycles. The Bertz CT molecular complexity index is 918. The molecule has 24 heavy (non-hydrogen) atoms. The Kier molecular flexibility index (Phi) is 4.10. The molecule has 5 heteroatoms. The molecule has 5 nitrogen and oxygen atoms in total. The lowest BCUT2D eigenvalue weighted by Crippen LogP contribution is -2.13. The molecule has 0 fully saturated rings. The van der Waals surface area contributed by atoms with E-state index in [9.17, 15) is 9.90 Å². The summed E-state index contributed by atoms with van der Waals surface area (Å²) in [5.41, 5.74) is 13.6. The zero-order valence-corrected chi connectivity index (χ0v) is 13.2. The highest BCUT2D eigenvalue weighted by molar-refractivity contribution is 6.09. The van der Waals surface area contributed by atoms with Gasteiger partial charge in [-0.2, -0.15) is 0 Å². The van der Waals surface area contributed by atoms with Crippen LogP contribution in [0.15, 0.2) is 48.5 Å². The van der Waals surface area contributed by atoms with Gasteiger partial charge in [-0.25, -0.2) is 0 Å². The summed E-state index contributed by atoms with van der Waals surface area (Å²) >= 11 is 0. The lowest BCUT2D eigenvalue weighted by Gasteiger charge is -2.13. The Morgan fingerprint density at radius 2 is 1.83 bits per heavy atom. The third-order valence-electron chi connectivity index (χ3n) is 4.07. The van der Waals surface area contributed by atoms with Crippen molar-refractivity contribution in [1.29, 1.82) is 0 Å². The predicted octanol–water partition coefficient (Wildman–Crippen LogP) is 2.78. The maximum Gasteiger partial charge on any atom is 0.253 e. The lowest BCUT2D eigenvalue weighted by molar-refractivity contribution is 0.0998. The molecule has 0 aliphatic heterocycles. The number of ether oxygens (including phenoxy) is 1. The van der Waals surface area contributed by atoms with Crippen molar-refractivity contribution >= 4 is 16.7 Å². The second-order valence-electron chi connectivity index (χ2n) is 5.50. The average Bonchev–Trinajstić information content (AvgIpc) is 2.60. The fourth-order valence-corrected chi connectivity index (χ4v) is 2.79. The van der Waals surface area contributed by atoms with Crippen LogP contribution in [0.1, 0.15) is 15.9 Å². The molecule has 3 rings (SSSR count). The Balaban J connectivity index is 2.30. The van der Waals surface area contributed by atoms with E-state index in [0.717, 1.165) is 16.5 Å². The monoisotopic (exact) mass is 322 g/mol. The van der Waals surface area contributed by atoms with Gasteiger partial charge in [0.2, 0.25) is 0 Å². The molecule has 0 atom stereocenters. The van der Waals surface area contributed by atoms with Crippen molar-refractivity contribution in [3.05, 3.63) is 59.7 Å². The molecule has 0 heterocycles.